The van der Waals surface area contributed by atoms with E-state index in [4.69, 9.17) is 18.9 Å². The van der Waals surface area contributed by atoms with E-state index in [-0.39, 0.29) is 6.61 Å². The zero-order chi connectivity index (χ0) is 11.4. The van der Waals surface area contributed by atoms with E-state index in [1.165, 1.54) is 21.3 Å². The van der Waals surface area contributed by atoms with Crippen LogP contribution in [0.1, 0.15) is 0 Å². The van der Waals surface area contributed by atoms with E-state index in [0.717, 1.165) is 0 Å². The van der Waals surface area contributed by atoms with Crippen LogP contribution < -0.4 is 0 Å². The minimum Gasteiger partial charge on any atom is -0.387 e. The highest BCUT2D eigenvalue weighted by Gasteiger charge is 2.45. The first-order valence-electron chi connectivity index (χ1n) is 4.71. The first kappa shape index (κ1) is 12.8. The van der Waals surface area contributed by atoms with Gasteiger partial charge in [0.15, 0.2) is 6.29 Å². The summed E-state index contributed by atoms with van der Waals surface area (Å²) >= 11 is 0. The fourth-order valence-corrected chi connectivity index (χ4v) is 1.75. The maximum absolute atomic E-state index is 9.85. The van der Waals surface area contributed by atoms with Crippen molar-refractivity contribution in [2.45, 2.75) is 30.7 Å². The van der Waals surface area contributed by atoms with Crippen molar-refractivity contribution in [3.63, 3.8) is 0 Å². The molecule has 0 aliphatic carbocycles. The van der Waals surface area contributed by atoms with Gasteiger partial charge in [-0.1, -0.05) is 0 Å². The molecular formula is C9H18O6. The summed E-state index contributed by atoms with van der Waals surface area (Å²) < 4.78 is 20.2. The Kier molecular flexibility index (Phi) is 4.91. The van der Waals surface area contributed by atoms with E-state index in [9.17, 15) is 10.2 Å². The molecule has 0 spiro atoms. The lowest BCUT2D eigenvalue weighted by Crippen LogP contribution is -2.59. The van der Waals surface area contributed by atoms with E-state index in [1.807, 2.05) is 0 Å². The molecule has 15 heavy (non-hydrogen) atoms. The molecule has 0 radical (unpaired) electrons. The van der Waals surface area contributed by atoms with E-state index in [0.29, 0.717) is 0 Å². The Morgan fingerprint density at radius 3 is 2.13 bits per heavy atom. The summed E-state index contributed by atoms with van der Waals surface area (Å²) in [6.45, 7) is 0.239. The van der Waals surface area contributed by atoms with Crippen molar-refractivity contribution in [3.8, 4) is 0 Å². The zero-order valence-corrected chi connectivity index (χ0v) is 9.12. The van der Waals surface area contributed by atoms with Gasteiger partial charge in [0.1, 0.15) is 24.4 Å². The number of hydrogen-bond donors (Lipinski definition) is 2. The second-order valence-corrected chi connectivity index (χ2v) is 3.41. The molecule has 0 aromatic carbocycles. The van der Waals surface area contributed by atoms with Crippen molar-refractivity contribution < 1.29 is 29.2 Å². The Balaban J connectivity index is 2.70. The highest BCUT2D eigenvalue weighted by Crippen LogP contribution is 2.23. The van der Waals surface area contributed by atoms with E-state index < -0.39 is 30.7 Å². The molecule has 90 valence electrons. The van der Waals surface area contributed by atoms with Gasteiger partial charge in [0, 0.05) is 21.3 Å². The Morgan fingerprint density at radius 1 is 1.07 bits per heavy atom. The van der Waals surface area contributed by atoms with Crippen LogP contribution in [0.2, 0.25) is 0 Å². The molecule has 1 saturated heterocycles. The standard InChI is InChI=1S/C9H18O6/c1-12-4-5-7(13-2)6(10)8(14-3)9(11)15-5/h5-11H,4H2,1-3H3/t5-,6+,7-,8+,9?/m1/s1. The zero-order valence-electron chi connectivity index (χ0n) is 9.12. The number of hydrogen-bond acceptors (Lipinski definition) is 6. The van der Waals surface area contributed by atoms with Gasteiger partial charge < -0.3 is 29.2 Å². The molecule has 1 fully saturated rings. The summed E-state index contributed by atoms with van der Waals surface area (Å²) in [6, 6.07) is 0. The number of aliphatic hydroxyl groups excluding tert-OH is 2. The Morgan fingerprint density at radius 2 is 1.67 bits per heavy atom. The van der Waals surface area contributed by atoms with E-state index >= 15 is 0 Å². The van der Waals surface area contributed by atoms with E-state index in [2.05, 4.69) is 0 Å². The van der Waals surface area contributed by atoms with Gasteiger partial charge in [-0.05, 0) is 0 Å². The summed E-state index contributed by atoms with van der Waals surface area (Å²) in [7, 11) is 4.37. The third kappa shape index (κ3) is 2.66. The van der Waals surface area contributed by atoms with Gasteiger partial charge in [0.25, 0.3) is 0 Å². The molecular weight excluding hydrogens is 204 g/mol. The molecule has 1 heterocycles. The summed E-state index contributed by atoms with van der Waals surface area (Å²) in [5.74, 6) is 0. The average molecular weight is 222 g/mol. The predicted octanol–water partition coefficient (Wildman–Crippen LogP) is -1.26. The van der Waals surface area contributed by atoms with Gasteiger partial charge in [-0.25, -0.2) is 0 Å². The second-order valence-electron chi connectivity index (χ2n) is 3.41. The lowest BCUT2D eigenvalue weighted by atomic mass is 9.99. The third-order valence-corrected chi connectivity index (χ3v) is 2.51. The van der Waals surface area contributed by atoms with Crippen molar-refractivity contribution in [2.75, 3.05) is 27.9 Å². The van der Waals surface area contributed by atoms with Crippen LogP contribution in [0.15, 0.2) is 0 Å². The number of ether oxygens (including phenoxy) is 4. The second kappa shape index (κ2) is 5.74. The van der Waals surface area contributed by atoms with Crippen LogP contribution >= 0.6 is 0 Å². The van der Waals surface area contributed by atoms with Crippen LogP contribution in [0.4, 0.5) is 0 Å². The topological polar surface area (TPSA) is 77.4 Å². The number of methoxy groups -OCH3 is 3. The smallest absolute Gasteiger partial charge is 0.184 e. The lowest BCUT2D eigenvalue weighted by molar-refractivity contribution is -0.296. The highest BCUT2D eigenvalue weighted by molar-refractivity contribution is 4.90. The maximum Gasteiger partial charge on any atom is 0.184 e. The fraction of sp³-hybridized carbons (Fsp3) is 1.00. The Hall–Kier alpha value is -0.240. The number of rotatable bonds is 4. The first-order valence-corrected chi connectivity index (χ1v) is 4.71. The monoisotopic (exact) mass is 222 g/mol. The van der Waals surface area contributed by atoms with Crippen LogP contribution in [0, 0.1) is 0 Å². The lowest BCUT2D eigenvalue weighted by Gasteiger charge is -2.41. The molecule has 0 aromatic rings. The van der Waals surface area contributed by atoms with Crippen LogP contribution in [0.5, 0.6) is 0 Å². The largest absolute Gasteiger partial charge is 0.387 e. The average Bonchev–Trinajstić information content (AvgIpc) is 2.19. The Labute approximate surface area is 88.7 Å². The van der Waals surface area contributed by atoms with Gasteiger partial charge in [-0.2, -0.15) is 0 Å². The first-order chi connectivity index (χ1) is 7.15. The maximum atomic E-state index is 9.85. The summed E-state index contributed by atoms with van der Waals surface area (Å²) in [6.07, 6.45) is -3.99. The quantitative estimate of drug-likeness (QED) is 0.618. The van der Waals surface area contributed by atoms with Gasteiger partial charge >= 0.3 is 0 Å². The molecule has 0 saturated carbocycles. The van der Waals surface area contributed by atoms with Crippen molar-refractivity contribution in [1.82, 2.24) is 0 Å². The van der Waals surface area contributed by atoms with Crippen LogP contribution in [-0.4, -0.2) is 68.9 Å². The van der Waals surface area contributed by atoms with Gasteiger partial charge in [0.05, 0.1) is 6.61 Å². The molecule has 2 N–H and O–H groups in total. The molecule has 0 aromatic heterocycles. The summed E-state index contributed by atoms with van der Waals surface area (Å²) in [5, 5.41) is 19.4. The molecule has 1 aliphatic heterocycles. The van der Waals surface area contributed by atoms with Gasteiger partial charge in [-0.3, -0.25) is 0 Å². The minimum atomic E-state index is -1.17. The molecule has 0 bridgehead atoms. The Bertz CT molecular complexity index is 185. The van der Waals surface area contributed by atoms with Crippen LogP contribution in [-0.2, 0) is 18.9 Å². The van der Waals surface area contributed by atoms with Crippen LogP contribution in [0.25, 0.3) is 0 Å². The third-order valence-electron chi connectivity index (χ3n) is 2.51. The SMILES string of the molecule is COC[C@H]1OC(O)[C@@H](OC)[C@@H](O)[C@@H]1OC. The van der Waals surface area contributed by atoms with Crippen molar-refractivity contribution in [3.05, 3.63) is 0 Å². The molecule has 1 aliphatic rings. The molecule has 6 nitrogen and oxygen atoms in total. The minimum absolute atomic E-state index is 0.239. The van der Waals surface area contributed by atoms with Crippen molar-refractivity contribution >= 4 is 0 Å². The van der Waals surface area contributed by atoms with Crippen molar-refractivity contribution in [2.24, 2.45) is 0 Å². The van der Waals surface area contributed by atoms with Crippen molar-refractivity contribution in [1.29, 1.82) is 0 Å². The molecule has 0 amide bonds. The molecule has 5 atom stereocenters. The van der Waals surface area contributed by atoms with Crippen LogP contribution in [0.3, 0.4) is 0 Å². The summed E-state index contributed by atoms with van der Waals surface area (Å²) in [4.78, 5) is 0. The normalized spacial score (nSPS) is 41.8. The number of aliphatic hydroxyl groups is 2. The van der Waals surface area contributed by atoms with E-state index in [1.54, 1.807) is 0 Å². The highest BCUT2D eigenvalue weighted by atomic mass is 16.7. The molecule has 1 unspecified atom stereocenters. The molecule has 1 rings (SSSR count). The summed E-state index contributed by atoms with van der Waals surface area (Å²) in [5.41, 5.74) is 0. The van der Waals surface area contributed by atoms with Gasteiger partial charge in [-0.15, -0.1) is 0 Å². The van der Waals surface area contributed by atoms with Gasteiger partial charge in [0.2, 0.25) is 0 Å². The predicted molar refractivity (Wildman–Crippen MR) is 50.4 cm³/mol. The fourth-order valence-electron chi connectivity index (χ4n) is 1.75. The molecule has 6 heteroatoms.